The van der Waals surface area contributed by atoms with Gasteiger partial charge in [0.25, 0.3) is 0 Å². The summed E-state index contributed by atoms with van der Waals surface area (Å²) in [4.78, 5) is 0. The average molecular weight is 237 g/mol. The summed E-state index contributed by atoms with van der Waals surface area (Å²) < 4.78 is 4.89. The highest BCUT2D eigenvalue weighted by atomic mass is 79.9. The van der Waals surface area contributed by atoms with Gasteiger partial charge in [0.1, 0.15) is 0 Å². The van der Waals surface area contributed by atoms with Crippen LogP contribution < -0.4 is 0 Å². The van der Waals surface area contributed by atoms with Gasteiger partial charge in [-0.25, -0.2) is 0 Å². The van der Waals surface area contributed by atoms with Crippen LogP contribution in [0.15, 0.2) is 42.5 Å². The van der Waals surface area contributed by atoms with Crippen LogP contribution in [0.25, 0.3) is 10.8 Å². The highest BCUT2D eigenvalue weighted by Crippen LogP contribution is 2.16. The molecule has 0 saturated carbocycles. The average Bonchev–Trinajstić information content (AvgIpc) is 2.18. The van der Waals surface area contributed by atoms with Crippen molar-refractivity contribution in [3.63, 3.8) is 0 Å². The maximum atomic E-state index is 4.89. The molecule has 0 heterocycles. The maximum Gasteiger partial charge on any atom is 0.0991 e. The lowest BCUT2D eigenvalue weighted by molar-refractivity contribution is 0.387. The van der Waals surface area contributed by atoms with Crippen LogP contribution in [0.4, 0.5) is 0 Å². The summed E-state index contributed by atoms with van der Waals surface area (Å²) in [5, 5.41) is 2.52. The second-order valence-electron chi connectivity index (χ2n) is 2.93. The van der Waals surface area contributed by atoms with E-state index in [-0.39, 0.29) is 0 Å². The van der Waals surface area contributed by atoms with Gasteiger partial charge in [0.2, 0.25) is 0 Å². The van der Waals surface area contributed by atoms with Crippen molar-refractivity contribution in [1.29, 1.82) is 0 Å². The molecule has 0 aliphatic heterocycles. The van der Waals surface area contributed by atoms with E-state index in [2.05, 4.69) is 46.6 Å². The highest BCUT2D eigenvalue weighted by molar-refractivity contribution is 9.06. The van der Waals surface area contributed by atoms with Crippen molar-refractivity contribution >= 4 is 27.0 Å². The Morgan fingerprint density at radius 1 is 1.00 bits per heavy atom. The lowest BCUT2D eigenvalue weighted by Crippen LogP contribution is -1.83. The van der Waals surface area contributed by atoms with Crippen molar-refractivity contribution in [2.24, 2.45) is 0 Å². The first-order valence-corrected chi connectivity index (χ1v) is 4.76. The van der Waals surface area contributed by atoms with E-state index in [4.69, 9.17) is 3.83 Å². The minimum Gasteiger partial charge on any atom is -0.303 e. The fraction of sp³-hybridized carbons (Fsp3) is 0.0909. The van der Waals surface area contributed by atoms with E-state index < -0.39 is 0 Å². The van der Waals surface area contributed by atoms with E-state index in [1.54, 1.807) is 0 Å². The summed E-state index contributed by atoms with van der Waals surface area (Å²) in [5.41, 5.74) is 1.18. The van der Waals surface area contributed by atoms with Gasteiger partial charge < -0.3 is 3.83 Å². The van der Waals surface area contributed by atoms with Crippen molar-refractivity contribution in [2.75, 3.05) is 0 Å². The third-order valence-electron chi connectivity index (χ3n) is 2.04. The van der Waals surface area contributed by atoms with Crippen LogP contribution in [0, 0.1) is 0 Å². The Hall–Kier alpha value is -0.860. The molecular formula is C11H9BrO. The lowest BCUT2D eigenvalue weighted by Gasteiger charge is -2.00. The van der Waals surface area contributed by atoms with Gasteiger partial charge in [-0.3, -0.25) is 0 Å². The molecule has 0 aromatic heterocycles. The number of halogens is 1. The van der Waals surface area contributed by atoms with E-state index in [9.17, 15) is 0 Å². The smallest absolute Gasteiger partial charge is 0.0991 e. The summed E-state index contributed by atoms with van der Waals surface area (Å²) >= 11 is 2.95. The predicted molar refractivity (Wildman–Crippen MR) is 57.7 cm³/mol. The molecule has 0 amide bonds. The summed E-state index contributed by atoms with van der Waals surface area (Å²) in [6.45, 7) is 0.602. The van der Waals surface area contributed by atoms with Crippen LogP contribution in [0.1, 0.15) is 5.56 Å². The molecule has 0 atom stereocenters. The van der Waals surface area contributed by atoms with Gasteiger partial charge in [0, 0.05) is 0 Å². The molecule has 2 aromatic carbocycles. The maximum absolute atomic E-state index is 4.89. The summed E-state index contributed by atoms with van der Waals surface area (Å²) in [5.74, 6) is 0. The van der Waals surface area contributed by atoms with Crippen molar-refractivity contribution in [3.05, 3.63) is 48.0 Å². The largest absolute Gasteiger partial charge is 0.303 e. The SMILES string of the molecule is BrOCc1ccc2ccccc2c1. The minimum atomic E-state index is 0.602. The number of hydrogen-bond donors (Lipinski definition) is 0. The van der Waals surface area contributed by atoms with Crippen LogP contribution in [-0.2, 0) is 10.4 Å². The molecule has 0 aliphatic rings. The number of fused-ring (bicyclic) bond motifs is 1. The molecule has 0 saturated heterocycles. The van der Waals surface area contributed by atoms with Gasteiger partial charge >= 0.3 is 0 Å². The van der Waals surface area contributed by atoms with Crippen molar-refractivity contribution in [2.45, 2.75) is 6.61 Å². The van der Waals surface area contributed by atoms with Crippen LogP contribution in [0.2, 0.25) is 0 Å². The Bertz CT molecular complexity index is 412. The first-order valence-electron chi connectivity index (χ1n) is 4.11. The zero-order valence-corrected chi connectivity index (χ0v) is 8.62. The van der Waals surface area contributed by atoms with Gasteiger partial charge in [-0.05, 0) is 22.4 Å². The molecule has 13 heavy (non-hydrogen) atoms. The summed E-state index contributed by atoms with van der Waals surface area (Å²) in [6.07, 6.45) is 0. The topological polar surface area (TPSA) is 9.23 Å². The van der Waals surface area contributed by atoms with Gasteiger partial charge in [-0.2, -0.15) is 0 Å². The second kappa shape index (κ2) is 3.90. The Balaban J connectivity index is 2.49. The Kier molecular flexibility index (Phi) is 2.62. The molecule has 0 spiro atoms. The van der Waals surface area contributed by atoms with E-state index >= 15 is 0 Å². The molecule has 0 fully saturated rings. The lowest BCUT2D eigenvalue weighted by atomic mass is 10.1. The fourth-order valence-corrected chi connectivity index (χ4v) is 1.66. The molecule has 0 radical (unpaired) electrons. The normalized spacial score (nSPS) is 10.5. The van der Waals surface area contributed by atoms with Crippen LogP contribution >= 0.6 is 16.3 Å². The monoisotopic (exact) mass is 236 g/mol. The molecular weight excluding hydrogens is 228 g/mol. The third-order valence-corrected chi connectivity index (χ3v) is 2.26. The van der Waals surface area contributed by atoms with Gasteiger partial charge in [0.05, 0.1) is 22.9 Å². The zero-order chi connectivity index (χ0) is 9.10. The van der Waals surface area contributed by atoms with Gasteiger partial charge in [-0.1, -0.05) is 36.4 Å². The first kappa shape index (κ1) is 8.73. The van der Waals surface area contributed by atoms with E-state index in [1.165, 1.54) is 16.3 Å². The zero-order valence-electron chi connectivity index (χ0n) is 7.03. The molecule has 66 valence electrons. The molecule has 2 aromatic rings. The van der Waals surface area contributed by atoms with Crippen LogP contribution in [0.3, 0.4) is 0 Å². The number of rotatable bonds is 2. The molecule has 0 unspecified atom stereocenters. The number of benzene rings is 2. The molecule has 0 N–H and O–H groups in total. The van der Waals surface area contributed by atoms with Crippen LogP contribution in [-0.4, -0.2) is 0 Å². The van der Waals surface area contributed by atoms with Crippen LogP contribution in [0.5, 0.6) is 0 Å². The highest BCUT2D eigenvalue weighted by Gasteiger charge is 1.94. The Morgan fingerprint density at radius 2 is 1.77 bits per heavy atom. The molecule has 2 heteroatoms. The molecule has 0 aliphatic carbocycles. The Labute approximate surface area is 85.8 Å². The first-order chi connectivity index (χ1) is 6.40. The molecule has 0 bridgehead atoms. The molecule has 1 nitrogen and oxygen atoms in total. The van der Waals surface area contributed by atoms with Crippen molar-refractivity contribution in [1.82, 2.24) is 0 Å². The molecule has 2 rings (SSSR count). The summed E-state index contributed by atoms with van der Waals surface area (Å²) in [6, 6.07) is 14.6. The van der Waals surface area contributed by atoms with Crippen molar-refractivity contribution in [3.8, 4) is 0 Å². The van der Waals surface area contributed by atoms with E-state index in [0.717, 1.165) is 0 Å². The Morgan fingerprint density at radius 3 is 2.54 bits per heavy atom. The van der Waals surface area contributed by atoms with Gasteiger partial charge in [0.15, 0.2) is 0 Å². The van der Waals surface area contributed by atoms with Gasteiger partial charge in [-0.15, -0.1) is 0 Å². The predicted octanol–water partition coefficient (Wildman–Crippen LogP) is 3.67. The fourth-order valence-electron chi connectivity index (χ4n) is 1.39. The standard InChI is InChI=1S/C11H9BrO/c12-13-8-9-5-6-10-3-1-2-4-11(10)7-9/h1-7H,8H2. The minimum absolute atomic E-state index is 0.602. The quantitative estimate of drug-likeness (QED) is 0.774. The van der Waals surface area contributed by atoms with Crippen molar-refractivity contribution < 1.29 is 3.83 Å². The number of hydrogen-bond acceptors (Lipinski definition) is 1. The van der Waals surface area contributed by atoms with E-state index in [0.29, 0.717) is 6.61 Å². The third kappa shape index (κ3) is 1.90. The second-order valence-corrected chi connectivity index (χ2v) is 3.39. The van der Waals surface area contributed by atoms with E-state index in [1.807, 2.05) is 12.1 Å². The summed E-state index contributed by atoms with van der Waals surface area (Å²) in [7, 11) is 0.